The molecule has 10 nitrogen and oxygen atoms in total. The van der Waals surface area contributed by atoms with E-state index in [1.165, 1.54) is 44.4 Å². The fourth-order valence-electron chi connectivity index (χ4n) is 4.45. The summed E-state index contributed by atoms with van der Waals surface area (Å²) in [5.41, 5.74) is 0.632. The molecule has 2 amide bonds. The quantitative estimate of drug-likeness (QED) is 0.256. The van der Waals surface area contributed by atoms with Gasteiger partial charge < -0.3 is 24.4 Å². The molecule has 0 bridgehead atoms. The van der Waals surface area contributed by atoms with Gasteiger partial charge in [0.1, 0.15) is 18.3 Å². The molecule has 0 aromatic heterocycles. The topological polar surface area (TPSA) is 114 Å². The largest absolute Gasteiger partial charge is 0.494 e. The Morgan fingerprint density at radius 3 is 2.09 bits per heavy atom. The number of ether oxygens (including phenoxy) is 3. The van der Waals surface area contributed by atoms with Crippen LogP contribution in [0.5, 0.6) is 17.2 Å². The number of halogens is 2. The van der Waals surface area contributed by atoms with Gasteiger partial charge in [0, 0.05) is 35.3 Å². The van der Waals surface area contributed by atoms with Crippen LogP contribution in [0, 0.1) is 0 Å². The standard InChI is InChI=1S/C30H35Cl2N3O7S/c1-6-26(30(37)33-3)34(18-23-24(31)9-8-10-25(23)32)29(36)19-35(20-11-13-21(14-12-20)42-7-2)43(38,39)22-15-16-27(40-4)28(17-22)41-5/h8-17,26H,6-7,18-19H2,1-5H3,(H,33,37). The third kappa shape index (κ3) is 7.84. The van der Waals surface area contributed by atoms with Gasteiger partial charge in [0.2, 0.25) is 11.8 Å². The van der Waals surface area contributed by atoms with Gasteiger partial charge in [-0.2, -0.15) is 0 Å². The van der Waals surface area contributed by atoms with Crippen LogP contribution in [-0.4, -0.2) is 65.6 Å². The van der Waals surface area contributed by atoms with Crippen molar-refractivity contribution in [3.05, 3.63) is 76.3 Å². The second-order valence-corrected chi connectivity index (χ2v) is 11.9. The van der Waals surface area contributed by atoms with Crippen molar-refractivity contribution < 1.29 is 32.2 Å². The van der Waals surface area contributed by atoms with E-state index in [1.54, 1.807) is 49.4 Å². The van der Waals surface area contributed by atoms with Crippen LogP contribution >= 0.6 is 23.2 Å². The lowest BCUT2D eigenvalue weighted by Gasteiger charge is -2.33. The van der Waals surface area contributed by atoms with Gasteiger partial charge in [-0.15, -0.1) is 0 Å². The van der Waals surface area contributed by atoms with Gasteiger partial charge in [0.05, 0.1) is 31.4 Å². The zero-order valence-electron chi connectivity index (χ0n) is 24.6. The molecule has 1 unspecified atom stereocenters. The number of nitrogens with zero attached hydrogens (tertiary/aromatic N) is 2. The highest BCUT2D eigenvalue weighted by molar-refractivity contribution is 7.92. The van der Waals surface area contributed by atoms with Crippen LogP contribution in [0.25, 0.3) is 0 Å². The lowest BCUT2D eigenvalue weighted by atomic mass is 10.1. The SMILES string of the molecule is CCOc1ccc(N(CC(=O)N(Cc2c(Cl)cccc2Cl)C(CC)C(=O)NC)S(=O)(=O)c2ccc(OC)c(OC)c2)cc1. The van der Waals surface area contributed by atoms with Crippen LogP contribution in [0.3, 0.4) is 0 Å². The zero-order valence-corrected chi connectivity index (χ0v) is 26.9. The first-order chi connectivity index (χ1) is 20.5. The van der Waals surface area contributed by atoms with Gasteiger partial charge in [-0.25, -0.2) is 8.42 Å². The summed E-state index contributed by atoms with van der Waals surface area (Å²) in [6.45, 7) is 3.23. The Hall–Kier alpha value is -3.67. The molecule has 232 valence electrons. The maximum absolute atomic E-state index is 14.2. The average Bonchev–Trinajstić information content (AvgIpc) is 3.00. The summed E-state index contributed by atoms with van der Waals surface area (Å²) in [6, 6.07) is 14.4. The molecular weight excluding hydrogens is 617 g/mol. The molecule has 43 heavy (non-hydrogen) atoms. The normalized spacial score (nSPS) is 11.8. The van der Waals surface area contributed by atoms with E-state index in [2.05, 4.69) is 5.32 Å². The van der Waals surface area contributed by atoms with Crippen molar-refractivity contribution in [3.63, 3.8) is 0 Å². The van der Waals surface area contributed by atoms with Crippen LogP contribution in [0.4, 0.5) is 5.69 Å². The number of likely N-dealkylation sites (N-methyl/N-ethyl adjacent to an activating group) is 1. The molecule has 0 aliphatic rings. The summed E-state index contributed by atoms with van der Waals surface area (Å²) in [5.74, 6) is -0.00745. The highest BCUT2D eigenvalue weighted by Gasteiger charge is 2.34. The number of hydrogen-bond donors (Lipinski definition) is 1. The minimum absolute atomic E-state index is 0.128. The lowest BCUT2D eigenvalue weighted by molar-refractivity contribution is -0.140. The Kier molecular flexibility index (Phi) is 11.9. The summed E-state index contributed by atoms with van der Waals surface area (Å²) < 4.78 is 45.4. The summed E-state index contributed by atoms with van der Waals surface area (Å²) in [7, 11) is -0.0638. The van der Waals surface area contributed by atoms with Crippen LogP contribution in [0.2, 0.25) is 10.0 Å². The number of hydrogen-bond acceptors (Lipinski definition) is 7. The van der Waals surface area contributed by atoms with Crippen molar-refractivity contribution >= 4 is 50.7 Å². The highest BCUT2D eigenvalue weighted by atomic mass is 35.5. The van der Waals surface area contributed by atoms with Crippen molar-refractivity contribution in [1.82, 2.24) is 10.2 Å². The van der Waals surface area contributed by atoms with E-state index >= 15 is 0 Å². The first kappa shape index (κ1) is 33.8. The Morgan fingerprint density at radius 2 is 1.56 bits per heavy atom. The van der Waals surface area contributed by atoms with E-state index in [1.807, 2.05) is 6.92 Å². The molecule has 0 aliphatic carbocycles. The van der Waals surface area contributed by atoms with E-state index in [0.29, 0.717) is 33.7 Å². The van der Waals surface area contributed by atoms with Crippen molar-refractivity contribution in [2.75, 3.05) is 38.7 Å². The lowest BCUT2D eigenvalue weighted by Crippen LogP contribution is -2.51. The van der Waals surface area contributed by atoms with Gasteiger partial charge in [-0.05, 0) is 61.9 Å². The van der Waals surface area contributed by atoms with E-state index in [9.17, 15) is 18.0 Å². The molecule has 3 aromatic rings. The van der Waals surface area contributed by atoms with Crippen molar-refractivity contribution in [2.45, 2.75) is 37.8 Å². The van der Waals surface area contributed by atoms with Gasteiger partial charge >= 0.3 is 0 Å². The molecule has 0 saturated carbocycles. The first-order valence-corrected chi connectivity index (χ1v) is 15.6. The fourth-order valence-corrected chi connectivity index (χ4v) is 6.40. The monoisotopic (exact) mass is 651 g/mol. The maximum atomic E-state index is 14.2. The number of anilines is 1. The minimum atomic E-state index is -4.36. The third-order valence-electron chi connectivity index (χ3n) is 6.68. The Morgan fingerprint density at radius 1 is 0.930 bits per heavy atom. The molecule has 0 fully saturated rings. The molecule has 13 heteroatoms. The summed E-state index contributed by atoms with van der Waals surface area (Å²) in [5, 5.41) is 3.19. The number of nitrogens with one attached hydrogen (secondary N) is 1. The summed E-state index contributed by atoms with van der Waals surface area (Å²) in [6.07, 6.45) is 0.249. The van der Waals surface area contributed by atoms with Crippen LogP contribution in [0.15, 0.2) is 65.6 Å². The molecular formula is C30H35Cl2N3O7S. The molecule has 0 radical (unpaired) electrons. The number of sulfonamides is 1. The molecule has 1 N–H and O–H groups in total. The molecule has 0 spiro atoms. The van der Waals surface area contributed by atoms with Crippen LogP contribution in [0.1, 0.15) is 25.8 Å². The van der Waals surface area contributed by atoms with Crippen LogP contribution < -0.4 is 23.8 Å². The van der Waals surface area contributed by atoms with E-state index in [-0.39, 0.29) is 29.3 Å². The summed E-state index contributed by atoms with van der Waals surface area (Å²) in [4.78, 5) is 28.2. The number of carbonyl (C=O) groups is 2. The highest BCUT2D eigenvalue weighted by Crippen LogP contribution is 2.33. The van der Waals surface area contributed by atoms with Crippen molar-refractivity contribution in [2.24, 2.45) is 0 Å². The number of carbonyl (C=O) groups excluding carboxylic acids is 2. The van der Waals surface area contributed by atoms with Crippen molar-refractivity contribution in [3.8, 4) is 17.2 Å². The number of benzene rings is 3. The second kappa shape index (κ2) is 15.2. The zero-order chi connectivity index (χ0) is 31.7. The van der Waals surface area contributed by atoms with E-state index in [0.717, 1.165) is 4.31 Å². The van der Waals surface area contributed by atoms with Gasteiger partial charge in [-0.1, -0.05) is 36.2 Å². The number of rotatable bonds is 14. The predicted molar refractivity (Wildman–Crippen MR) is 167 cm³/mol. The number of methoxy groups -OCH3 is 2. The predicted octanol–water partition coefficient (Wildman–Crippen LogP) is 5.16. The smallest absolute Gasteiger partial charge is 0.264 e. The maximum Gasteiger partial charge on any atom is 0.264 e. The Balaban J connectivity index is 2.14. The molecule has 1 atom stereocenters. The molecule has 3 rings (SSSR count). The molecule has 0 saturated heterocycles. The van der Waals surface area contributed by atoms with Crippen molar-refractivity contribution in [1.29, 1.82) is 0 Å². The molecule has 0 heterocycles. The average molecular weight is 653 g/mol. The molecule has 3 aromatic carbocycles. The fraction of sp³-hybridized carbons (Fsp3) is 0.333. The van der Waals surface area contributed by atoms with Gasteiger partial charge in [0.15, 0.2) is 11.5 Å². The third-order valence-corrected chi connectivity index (χ3v) is 9.16. The van der Waals surface area contributed by atoms with E-state index < -0.39 is 34.4 Å². The van der Waals surface area contributed by atoms with Gasteiger partial charge in [0.25, 0.3) is 10.0 Å². The number of amides is 2. The Bertz CT molecular complexity index is 1510. The first-order valence-electron chi connectivity index (χ1n) is 13.4. The minimum Gasteiger partial charge on any atom is -0.494 e. The van der Waals surface area contributed by atoms with Gasteiger partial charge in [-0.3, -0.25) is 13.9 Å². The van der Waals surface area contributed by atoms with Crippen LogP contribution in [-0.2, 0) is 26.2 Å². The second-order valence-electron chi connectivity index (χ2n) is 9.22. The van der Waals surface area contributed by atoms with E-state index in [4.69, 9.17) is 37.4 Å². The Labute approximate surface area is 262 Å². The molecule has 0 aliphatic heterocycles. The summed E-state index contributed by atoms with van der Waals surface area (Å²) >= 11 is 12.8.